The summed E-state index contributed by atoms with van der Waals surface area (Å²) in [4.78, 5) is 10.5. The fourth-order valence-electron chi connectivity index (χ4n) is 1.40. The summed E-state index contributed by atoms with van der Waals surface area (Å²) in [6, 6.07) is 4.64. The number of nitrogens with zero attached hydrogens (tertiary/aromatic N) is 1. The van der Waals surface area contributed by atoms with Gasteiger partial charge in [-0.25, -0.2) is 0 Å². The van der Waals surface area contributed by atoms with Crippen LogP contribution in [0, 0.1) is 10.1 Å². The Morgan fingerprint density at radius 2 is 2.29 bits per heavy atom. The number of thioether (sulfide) groups is 1. The predicted molar refractivity (Wildman–Crippen MR) is 72.5 cm³/mol. The van der Waals surface area contributed by atoms with E-state index in [-0.39, 0.29) is 10.6 Å². The maximum absolute atomic E-state index is 10.8. The highest BCUT2D eigenvalue weighted by molar-refractivity contribution is 7.99. The van der Waals surface area contributed by atoms with Crippen molar-refractivity contribution in [2.24, 2.45) is 5.73 Å². The molecule has 0 saturated heterocycles. The molecule has 0 spiro atoms. The molecular weight excluding hydrogens is 260 g/mol. The minimum atomic E-state index is -0.375. The van der Waals surface area contributed by atoms with Gasteiger partial charge in [0.05, 0.1) is 4.92 Å². The summed E-state index contributed by atoms with van der Waals surface area (Å²) in [7, 11) is 0. The molecule has 2 N–H and O–H groups in total. The molecule has 94 valence electrons. The van der Waals surface area contributed by atoms with Crippen LogP contribution >= 0.6 is 23.4 Å². The summed E-state index contributed by atoms with van der Waals surface area (Å²) >= 11 is 7.50. The highest BCUT2D eigenvalue weighted by Crippen LogP contribution is 2.28. The van der Waals surface area contributed by atoms with Gasteiger partial charge in [-0.1, -0.05) is 18.5 Å². The molecule has 0 fully saturated rings. The minimum absolute atomic E-state index is 0.127. The van der Waals surface area contributed by atoms with Crippen LogP contribution in [-0.2, 0) is 5.75 Å². The van der Waals surface area contributed by atoms with E-state index in [0.717, 1.165) is 6.42 Å². The van der Waals surface area contributed by atoms with Crippen molar-refractivity contribution in [3.8, 4) is 0 Å². The quantitative estimate of drug-likeness (QED) is 0.639. The standard InChI is InChI=1S/C11H15ClN2O2S/c1-8(4-5-13)17-7-9-6-10(12)2-3-11(9)14(15)16/h2-3,6,8H,4-5,7,13H2,1H3. The van der Waals surface area contributed by atoms with E-state index in [2.05, 4.69) is 6.92 Å². The first-order valence-corrected chi connectivity index (χ1v) is 6.71. The van der Waals surface area contributed by atoms with Crippen LogP contribution in [0.2, 0.25) is 5.02 Å². The van der Waals surface area contributed by atoms with Crippen molar-refractivity contribution in [1.82, 2.24) is 0 Å². The topological polar surface area (TPSA) is 69.2 Å². The van der Waals surface area contributed by atoms with Gasteiger partial charge in [0.2, 0.25) is 0 Å². The van der Waals surface area contributed by atoms with Crippen LogP contribution in [0.3, 0.4) is 0 Å². The van der Waals surface area contributed by atoms with Gasteiger partial charge < -0.3 is 5.73 Å². The molecule has 0 amide bonds. The third kappa shape index (κ3) is 4.53. The molecule has 4 nitrogen and oxygen atoms in total. The summed E-state index contributed by atoms with van der Waals surface area (Å²) in [5, 5.41) is 11.7. The van der Waals surface area contributed by atoms with Gasteiger partial charge in [0.15, 0.2) is 0 Å². The summed E-state index contributed by atoms with van der Waals surface area (Å²) in [5.41, 5.74) is 6.25. The van der Waals surface area contributed by atoms with E-state index in [0.29, 0.717) is 28.1 Å². The lowest BCUT2D eigenvalue weighted by Crippen LogP contribution is -2.07. The first-order valence-electron chi connectivity index (χ1n) is 5.29. The number of benzene rings is 1. The van der Waals surface area contributed by atoms with Gasteiger partial charge in [0.25, 0.3) is 5.69 Å². The Balaban J connectivity index is 2.75. The molecule has 0 heterocycles. The van der Waals surface area contributed by atoms with E-state index in [1.54, 1.807) is 17.8 Å². The van der Waals surface area contributed by atoms with Gasteiger partial charge in [0.1, 0.15) is 0 Å². The van der Waals surface area contributed by atoms with Crippen molar-refractivity contribution in [1.29, 1.82) is 0 Å². The normalized spacial score (nSPS) is 12.4. The highest BCUT2D eigenvalue weighted by Gasteiger charge is 2.14. The molecule has 0 aliphatic carbocycles. The molecule has 0 aliphatic rings. The van der Waals surface area contributed by atoms with Crippen molar-refractivity contribution in [2.75, 3.05) is 6.54 Å². The van der Waals surface area contributed by atoms with Crippen LogP contribution in [-0.4, -0.2) is 16.7 Å². The molecule has 1 aromatic carbocycles. The zero-order valence-electron chi connectivity index (χ0n) is 9.56. The Labute approximate surface area is 110 Å². The zero-order valence-corrected chi connectivity index (χ0v) is 11.1. The molecule has 0 bridgehead atoms. The molecule has 17 heavy (non-hydrogen) atoms. The highest BCUT2D eigenvalue weighted by atomic mass is 35.5. The SMILES string of the molecule is CC(CCN)SCc1cc(Cl)ccc1[N+](=O)[O-]. The Morgan fingerprint density at radius 1 is 1.59 bits per heavy atom. The van der Waals surface area contributed by atoms with Gasteiger partial charge >= 0.3 is 0 Å². The summed E-state index contributed by atoms with van der Waals surface area (Å²) < 4.78 is 0. The van der Waals surface area contributed by atoms with Crippen molar-refractivity contribution in [2.45, 2.75) is 24.3 Å². The molecule has 1 rings (SSSR count). The summed E-state index contributed by atoms with van der Waals surface area (Å²) in [6.45, 7) is 2.69. The average Bonchev–Trinajstić information content (AvgIpc) is 2.26. The Hall–Kier alpha value is -0.780. The molecule has 1 unspecified atom stereocenters. The fourth-order valence-corrected chi connectivity index (χ4v) is 2.59. The molecule has 0 saturated carbocycles. The molecule has 6 heteroatoms. The summed E-state index contributed by atoms with van der Waals surface area (Å²) in [5.74, 6) is 0.581. The van der Waals surface area contributed by atoms with Gasteiger partial charge in [-0.05, 0) is 25.1 Å². The Bertz CT molecular complexity index is 401. The molecular formula is C11H15ClN2O2S. The number of nitrogens with two attached hydrogens (primary N) is 1. The monoisotopic (exact) mass is 274 g/mol. The summed E-state index contributed by atoms with van der Waals surface area (Å²) in [6.07, 6.45) is 0.902. The first-order chi connectivity index (χ1) is 8.04. The second-order valence-electron chi connectivity index (χ2n) is 3.73. The minimum Gasteiger partial charge on any atom is -0.330 e. The third-order valence-corrected chi connectivity index (χ3v) is 3.85. The van der Waals surface area contributed by atoms with Crippen LogP contribution in [0.15, 0.2) is 18.2 Å². The van der Waals surface area contributed by atoms with Crippen molar-refractivity contribution >= 4 is 29.1 Å². The van der Waals surface area contributed by atoms with Crippen molar-refractivity contribution in [3.63, 3.8) is 0 Å². The van der Waals surface area contributed by atoms with Crippen molar-refractivity contribution in [3.05, 3.63) is 38.9 Å². The van der Waals surface area contributed by atoms with Gasteiger partial charge in [-0.2, -0.15) is 11.8 Å². The molecule has 0 aliphatic heterocycles. The maximum atomic E-state index is 10.8. The number of hydrogen-bond acceptors (Lipinski definition) is 4. The van der Waals surface area contributed by atoms with E-state index >= 15 is 0 Å². The average molecular weight is 275 g/mol. The predicted octanol–water partition coefficient (Wildman–Crippen LogP) is 3.22. The largest absolute Gasteiger partial charge is 0.330 e. The molecule has 1 atom stereocenters. The molecule has 0 aromatic heterocycles. The fraction of sp³-hybridized carbons (Fsp3) is 0.455. The smallest absolute Gasteiger partial charge is 0.273 e. The molecule has 0 radical (unpaired) electrons. The van der Waals surface area contributed by atoms with Crippen molar-refractivity contribution < 1.29 is 4.92 Å². The van der Waals surface area contributed by atoms with E-state index in [4.69, 9.17) is 17.3 Å². The maximum Gasteiger partial charge on any atom is 0.273 e. The van der Waals surface area contributed by atoms with Crippen LogP contribution in [0.1, 0.15) is 18.9 Å². The van der Waals surface area contributed by atoms with Gasteiger partial charge in [-0.15, -0.1) is 0 Å². The zero-order chi connectivity index (χ0) is 12.8. The third-order valence-electron chi connectivity index (χ3n) is 2.33. The van der Waals surface area contributed by atoms with Crippen LogP contribution < -0.4 is 5.73 Å². The van der Waals surface area contributed by atoms with Gasteiger partial charge in [-0.3, -0.25) is 10.1 Å². The second-order valence-corrected chi connectivity index (χ2v) is 5.59. The van der Waals surface area contributed by atoms with E-state index in [1.165, 1.54) is 12.1 Å². The number of rotatable bonds is 6. The number of halogens is 1. The van der Waals surface area contributed by atoms with Crippen LogP contribution in [0.25, 0.3) is 0 Å². The number of nitro benzene ring substituents is 1. The van der Waals surface area contributed by atoms with Gasteiger partial charge in [0, 0.05) is 27.7 Å². The first kappa shape index (κ1) is 14.3. The number of nitro groups is 1. The Morgan fingerprint density at radius 3 is 2.88 bits per heavy atom. The Kier molecular flexibility index (Phi) is 5.74. The number of hydrogen-bond donors (Lipinski definition) is 1. The van der Waals surface area contributed by atoms with E-state index in [9.17, 15) is 10.1 Å². The van der Waals surface area contributed by atoms with Crippen LogP contribution in [0.4, 0.5) is 5.69 Å². The van der Waals surface area contributed by atoms with Crippen LogP contribution in [0.5, 0.6) is 0 Å². The second kappa shape index (κ2) is 6.83. The lowest BCUT2D eigenvalue weighted by atomic mass is 10.2. The lowest BCUT2D eigenvalue weighted by molar-refractivity contribution is -0.385. The van der Waals surface area contributed by atoms with E-state index in [1.807, 2.05) is 0 Å². The lowest BCUT2D eigenvalue weighted by Gasteiger charge is -2.09. The molecule has 1 aromatic rings. The van der Waals surface area contributed by atoms with E-state index < -0.39 is 0 Å².